The first-order valence-corrected chi connectivity index (χ1v) is 11.5. The van der Waals surface area contributed by atoms with Crippen LogP contribution in [-0.2, 0) is 4.74 Å². The summed E-state index contributed by atoms with van der Waals surface area (Å²) in [4.78, 5) is 4.85. The Labute approximate surface area is 194 Å². The van der Waals surface area contributed by atoms with Gasteiger partial charge in [0.25, 0.3) is 0 Å². The van der Waals surface area contributed by atoms with Crippen LogP contribution in [0.15, 0.2) is 34.7 Å². The highest BCUT2D eigenvalue weighted by molar-refractivity contribution is 7.99. The number of nitrogens with zero attached hydrogens (tertiary/aromatic N) is 4. The normalized spacial score (nSPS) is 26.8. The second kappa shape index (κ2) is 9.27. The summed E-state index contributed by atoms with van der Waals surface area (Å²) in [5.41, 5.74) is 0.167. The Morgan fingerprint density at radius 2 is 1.93 bits per heavy atom. The van der Waals surface area contributed by atoms with Crippen LogP contribution in [0.1, 0.15) is 6.04 Å². The van der Waals surface area contributed by atoms with E-state index in [2.05, 4.69) is 15.3 Å². The van der Waals surface area contributed by atoms with Gasteiger partial charge in [-0.15, -0.1) is 16.4 Å². The number of thioether (sulfide) groups is 1. The van der Waals surface area contributed by atoms with Crippen LogP contribution in [0.25, 0.3) is 11.4 Å². The van der Waals surface area contributed by atoms with E-state index in [1.165, 1.54) is 27.8 Å². The monoisotopic (exact) mass is 508 g/mol. The van der Waals surface area contributed by atoms with Crippen molar-refractivity contribution in [1.82, 2.24) is 20.0 Å². The van der Waals surface area contributed by atoms with E-state index < -0.39 is 36.4 Å². The third kappa shape index (κ3) is 4.47. The smallest absolute Gasteiger partial charge is 0.184 e. The molecule has 4 rings (SSSR count). The van der Waals surface area contributed by atoms with Crippen LogP contribution >= 0.6 is 57.9 Å². The zero-order chi connectivity index (χ0) is 21.4. The van der Waals surface area contributed by atoms with Gasteiger partial charge in [-0.2, -0.15) is 0 Å². The Bertz CT molecular complexity index is 1040. The molecule has 3 aromatic rings. The average molecular weight is 510 g/mol. The zero-order valence-electron chi connectivity index (χ0n) is 15.0. The van der Waals surface area contributed by atoms with E-state index in [1.807, 2.05) is 0 Å². The number of halogens is 3. The highest BCUT2D eigenvalue weighted by Gasteiger charge is 2.46. The summed E-state index contributed by atoms with van der Waals surface area (Å²) >= 11 is 20.3. The molecule has 1 fully saturated rings. The maximum absolute atomic E-state index is 11.0. The van der Waals surface area contributed by atoms with E-state index in [9.17, 15) is 15.3 Å². The highest BCUT2D eigenvalue weighted by Crippen LogP contribution is 2.39. The van der Waals surface area contributed by atoms with Crippen LogP contribution in [0, 0.1) is 0 Å². The topological polar surface area (TPSA) is 114 Å². The fraction of sp³-hybridized carbons (Fsp3) is 0.353. The average Bonchev–Trinajstić information content (AvgIpc) is 3.36. The SMILES string of the molecule is OCC1OC(Sc2ccc(Cl)c(Cl)c2)C(O)C(n2cc(-c3csc(Cl)n3)nn2)C1O. The van der Waals surface area contributed by atoms with Crippen LogP contribution in [0.2, 0.25) is 14.5 Å². The Balaban J connectivity index is 1.61. The minimum Gasteiger partial charge on any atom is -0.394 e. The van der Waals surface area contributed by atoms with Gasteiger partial charge in [-0.05, 0) is 18.2 Å². The number of hydrogen-bond donors (Lipinski definition) is 3. The molecule has 1 aliphatic rings. The Kier molecular flexibility index (Phi) is 6.88. The van der Waals surface area contributed by atoms with Crippen LogP contribution in [-0.4, -0.2) is 65.7 Å². The zero-order valence-corrected chi connectivity index (χ0v) is 18.9. The van der Waals surface area contributed by atoms with E-state index in [0.717, 1.165) is 0 Å². The van der Waals surface area contributed by atoms with Crippen molar-refractivity contribution in [3.05, 3.63) is 44.3 Å². The lowest BCUT2D eigenvalue weighted by Gasteiger charge is -2.41. The largest absolute Gasteiger partial charge is 0.394 e. The van der Waals surface area contributed by atoms with Crippen LogP contribution in [0.3, 0.4) is 0 Å². The number of aliphatic hydroxyl groups is 3. The van der Waals surface area contributed by atoms with Crippen LogP contribution < -0.4 is 0 Å². The van der Waals surface area contributed by atoms with Crippen molar-refractivity contribution in [2.75, 3.05) is 6.61 Å². The number of rotatable bonds is 5. The molecule has 0 amide bonds. The minimum absolute atomic E-state index is 0.365. The molecule has 5 unspecified atom stereocenters. The molecule has 30 heavy (non-hydrogen) atoms. The summed E-state index contributed by atoms with van der Waals surface area (Å²) in [6, 6.07) is 4.12. The summed E-state index contributed by atoms with van der Waals surface area (Å²) < 4.78 is 7.45. The summed E-state index contributed by atoms with van der Waals surface area (Å²) in [5.74, 6) is 0. The second-order valence-corrected chi connectivity index (χ2v) is 9.89. The Morgan fingerprint density at radius 3 is 2.60 bits per heavy atom. The van der Waals surface area contributed by atoms with Gasteiger partial charge in [0.2, 0.25) is 0 Å². The lowest BCUT2D eigenvalue weighted by atomic mass is 9.97. The molecule has 2 aromatic heterocycles. The van der Waals surface area contributed by atoms with Gasteiger partial charge in [-0.1, -0.05) is 51.8 Å². The molecule has 0 radical (unpaired) electrons. The van der Waals surface area contributed by atoms with Crippen molar-refractivity contribution in [1.29, 1.82) is 0 Å². The molecular formula is C17H15Cl3N4O4S2. The van der Waals surface area contributed by atoms with E-state index in [4.69, 9.17) is 39.5 Å². The quantitative estimate of drug-likeness (QED) is 0.481. The molecule has 3 heterocycles. The molecule has 5 atom stereocenters. The van der Waals surface area contributed by atoms with Gasteiger partial charge in [0.1, 0.15) is 41.2 Å². The maximum Gasteiger partial charge on any atom is 0.184 e. The van der Waals surface area contributed by atoms with Gasteiger partial charge in [0.15, 0.2) is 4.47 Å². The molecule has 13 heteroatoms. The number of benzene rings is 1. The molecule has 160 valence electrons. The molecule has 0 spiro atoms. The summed E-state index contributed by atoms with van der Waals surface area (Å²) in [6.45, 7) is -0.438. The van der Waals surface area contributed by atoms with Gasteiger partial charge in [-0.25, -0.2) is 9.67 Å². The Morgan fingerprint density at radius 1 is 1.13 bits per heavy atom. The molecule has 0 aliphatic carbocycles. The first kappa shape index (κ1) is 22.3. The van der Waals surface area contributed by atoms with Crippen LogP contribution in [0.4, 0.5) is 0 Å². The lowest BCUT2D eigenvalue weighted by Crippen LogP contribution is -2.55. The molecule has 3 N–H and O–H groups in total. The van der Waals surface area contributed by atoms with Crippen molar-refractivity contribution in [3.8, 4) is 11.4 Å². The minimum atomic E-state index is -1.22. The molecule has 1 saturated heterocycles. The first-order valence-electron chi connectivity index (χ1n) is 8.64. The Hall–Kier alpha value is -0.950. The third-order valence-corrected chi connectivity index (χ3v) is 7.41. The van der Waals surface area contributed by atoms with Gasteiger partial charge < -0.3 is 20.1 Å². The molecule has 0 saturated carbocycles. The number of hydrogen-bond acceptors (Lipinski definition) is 9. The summed E-state index contributed by atoms with van der Waals surface area (Å²) in [5, 5.41) is 41.9. The highest BCUT2D eigenvalue weighted by atomic mass is 35.5. The van der Waals surface area contributed by atoms with Gasteiger partial charge in [-0.3, -0.25) is 0 Å². The van der Waals surface area contributed by atoms with E-state index >= 15 is 0 Å². The van der Waals surface area contributed by atoms with Gasteiger partial charge >= 0.3 is 0 Å². The van der Waals surface area contributed by atoms with Crippen molar-refractivity contribution >= 4 is 57.9 Å². The summed E-state index contributed by atoms with van der Waals surface area (Å²) in [7, 11) is 0. The molecule has 1 aromatic carbocycles. The molecular weight excluding hydrogens is 495 g/mol. The molecule has 8 nitrogen and oxygen atoms in total. The van der Waals surface area contributed by atoms with Gasteiger partial charge in [0, 0.05) is 10.3 Å². The van der Waals surface area contributed by atoms with Crippen molar-refractivity contribution in [3.63, 3.8) is 0 Å². The van der Waals surface area contributed by atoms with Crippen molar-refractivity contribution in [2.24, 2.45) is 0 Å². The van der Waals surface area contributed by atoms with Crippen LogP contribution in [0.5, 0.6) is 0 Å². The van der Waals surface area contributed by atoms with Crippen molar-refractivity contribution < 1.29 is 20.1 Å². The van der Waals surface area contributed by atoms with E-state index in [-0.39, 0.29) is 0 Å². The number of aromatic nitrogens is 4. The lowest BCUT2D eigenvalue weighted by molar-refractivity contribution is -0.178. The number of thiazole rings is 1. The van der Waals surface area contributed by atoms with E-state index in [1.54, 1.807) is 29.8 Å². The van der Waals surface area contributed by atoms with E-state index in [0.29, 0.717) is 30.8 Å². The second-order valence-electron chi connectivity index (χ2n) is 6.46. The predicted octanol–water partition coefficient (Wildman–Crippen LogP) is 3.13. The maximum atomic E-state index is 11.0. The fourth-order valence-corrected chi connectivity index (χ4v) is 5.29. The van der Waals surface area contributed by atoms with Crippen molar-refractivity contribution in [2.45, 2.75) is 34.7 Å². The first-order chi connectivity index (χ1) is 14.4. The third-order valence-electron chi connectivity index (χ3n) is 4.55. The molecule has 0 bridgehead atoms. The predicted molar refractivity (Wildman–Crippen MR) is 115 cm³/mol. The molecule has 1 aliphatic heterocycles. The summed E-state index contributed by atoms with van der Waals surface area (Å²) in [6.07, 6.45) is -1.76. The number of aliphatic hydroxyl groups excluding tert-OH is 3. The standard InChI is InChI=1S/C17H15Cl3N4O4S2/c18-8-2-1-7(3-9(8)19)30-16-15(27)13(14(26)12(5-25)28-16)24-4-10(22-23-24)11-6-29-17(20)21-11/h1-4,6,12-16,25-27H,5H2. The van der Waals surface area contributed by atoms with Gasteiger partial charge in [0.05, 0.1) is 22.8 Å². The number of ether oxygens (including phenoxy) is 1. The fourth-order valence-electron chi connectivity index (χ4n) is 3.07.